The van der Waals surface area contributed by atoms with Crippen LogP contribution in [0.2, 0.25) is 0 Å². The molecule has 0 fully saturated rings. The van der Waals surface area contributed by atoms with E-state index in [-0.39, 0.29) is 12.2 Å². The van der Waals surface area contributed by atoms with Gasteiger partial charge in [0.25, 0.3) is 0 Å². The largest absolute Gasteiger partial charge is 0.392 e. The molecule has 0 aromatic heterocycles. The van der Waals surface area contributed by atoms with Crippen molar-refractivity contribution in [3.05, 3.63) is 35.1 Å². The third-order valence-corrected chi connectivity index (χ3v) is 2.60. The predicted octanol–water partition coefficient (Wildman–Crippen LogP) is 1.39. The maximum Gasteiger partial charge on any atom is 0.236 e. The van der Waals surface area contributed by atoms with Gasteiger partial charge in [-0.1, -0.05) is 6.07 Å². The van der Waals surface area contributed by atoms with Gasteiger partial charge in [-0.25, -0.2) is 12.8 Å². The average molecular weight is 239 g/mol. The molecule has 0 heterocycles. The molecule has 0 saturated carbocycles. The Bertz CT molecular complexity index is 430. The summed E-state index contributed by atoms with van der Waals surface area (Å²) >= 11 is 0. The number of aliphatic hydroxyl groups excluding tert-OH is 1. The molecule has 0 spiro atoms. The molecule has 0 unspecified atom stereocenters. The normalized spacial score (nSPS) is 11.6. The van der Waals surface area contributed by atoms with Gasteiger partial charge in [0.15, 0.2) is 0 Å². The number of benzene rings is 1. The number of hydrogen-bond donors (Lipinski definition) is 1. The second-order valence-corrected chi connectivity index (χ2v) is 5.54. The summed E-state index contributed by atoms with van der Waals surface area (Å²) in [4.78, 5) is 0. The SMILES string of the molecule is O=S(=O)(Cl)Cc1cc(CO)ccc1F. The molecule has 1 rings (SSSR count). The zero-order chi connectivity index (χ0) is 10.8. The number of halogens is 2. The maximum absolute atomic E-state index is 13.0. The van der Waals surface area contributed by atoms with E-state index < -0.39 is 20.6 Å². The van der Waals surface area contributed by atoms with Gasteiger partial charge < -0.3 is 5.11 Å². The molecule has 14 heavy (non-hydrogen) atoms. The highest BCUT2D eigenvalue weighted by Crippen LogP contribution is 2.15. The van der Waals surface area contributed by atoms with Crippen molar-refractivity contribution in [1.82, 2.24) is 0 Å². The molecule has 0 aliphatic heterocycles. The lowest BCUT2D eigenvalue weighted by Gasteiger charge is -2.02. The van der Waals surface area contributed by atoms with Gasteiger partial charge in [0.2, 0.25) is 9.05 Å². The summed E-state index contributed by atoms with van der Waals surface area (Å²) in [7, 11) is 1.20. The third kappa shape index (κ3) is 3.25. The van der Waals surface area contributed by atoms with E-state index in [1.165, 1.54) is 12.1 Å². The molecular formula is C8H8ClFO3S. The highest BCUT2D eigenvalue weighted by atomic mass is 35.7. The Hall–Kier alpha value is -0.650. The fourth-order valence-electron chi connectivity index (χ4n) is 1.02. The summed E-state index contributed by atoms with van der Waals surface area (Å²) < 4.78 is 34.4. The molecule has 3 nitrogen and oxygen atoms in total. The molecule has 0 radical (unpaired) electrons. The molecule has 1 N–H and O–H groups in total. The molecule has 0 bridgehead atoms. The second kappa shape index (κ2) is 4.25. The van der Waals surface area contributed by atoms with Crippen LogP contribution in [0.4, 0.5) is 4.39 Å². The summed E-state index contributed by atoms with van der Waals surface area (Å²) in [6.07, 6.45) is 0. The first kappa shape index (κ1) is 11.4. The smallest absolute Gasteiger partial charge is 0.236 e. The zero-order valence-corrected chi connectivity index (χ0v) is 8.65. The molecule has 0 amide bonds. The van der Waals surface area contributed by atoms with Crippen LogP contribution in [0.25, 0.3) is 0 Å². The fourth-order valence-corrected chi connectivity index (χ4v) is 1.97. The summed E-state index contributed by atoms with van der Waals surface area (Å²) in [5.74, 6) is -1.22. The molecule has 0 aliphatic rings. The van der Waals surface area contributed by atoms with E-state index in [0.717, 1.165) is 6.07 Å². The van der Waals surface area contributed by atoms with Gasteiger partial charge >= 0.3 is 0 Å². The molecule has 78 valence electrons. The van der Waals surface area contributed by atoms with Gasteiger partial charge in [0, 0.05) is 16.2 Å². The van der Waals surface area contributed by atoms with Crippen molar-refractivity contribution in [1.29, 1.82) is 0 Å². The lowest BCUT2D eigenvalue weighted by molar-refractivity contribution is 0.281. The van der Waals surface area contributed by atoms with Crippen LogP contribution in [0.15, 0.2) is 18.2 Å². The van der Waals surface area contributed by atoms with Gasteiger partial charge in [-0.3, -0.25) is 0 Å². The molecule has 0 aliphatic carbocycles. The quantitative estimate of drug-likeness (QED) is 0.810. The standard InChI is InChI=1S/C8H8ClFO3S/c9-14(12,13)5-7-3-6(4-11)1-2-8(7)10/h1-3,11H,4-5H2. The molecule has 6 heteroatoms. The monoisotopic (exact) mass is 238 g/mol. The van der Waals surface area contributed by atoms with Crippen LogP contribution < -0.4 is 0 Å². The molecule has 0 saturated heterocycles. The minimum atomic E-state index is -3.77. The second-order valence-electron chi connectivity index (χ2n) is 2.77. The number of aliphatic hydroxyl groups is 1. The minimum Gasteiger partial charge on any atom is -0.392 e. The lowest BCUT2D eigenvalue weighted by Crippen LogP contribution is -1.99. The van der Waals surface area contributed by atoms with Crippen LogP contribution in [0.5, 0.6) is 0 Å². The van der Waals surface area contributed by atoms with E-state index in [0.29, 0.717) is 5.56 Å². The van der Waals surface area contributed by atoms with Gasteiger partial charge in [-0.05, 0) is 17.7 Å². The van der Waals surface area contributed by atoms with Crippen molar-refractivity contribution < 1.29 is 17.9 Å². The Morgan fingerprint density at radius 3 is 2.57 bits per heavy atom. The van der Waals surface area contributed by atoms with Crippen molar-refractivity contribution in [2.75, 3.05) is 0 Å². The Balaban J connectivity index is 3.07. The van der Waals surface area contributed by atoms with E-state index in [1.54, 1.807) is 0 Å². The van der Waals surface area contributed by atoms with Crippen molar-refractivity contribution >= 4 is 19.7 Å². The van der Waals surface area contributed by atoms with E-state index in [9.17, 15) is 12.8 Å². The summed E-state index contributed by atoms with van der Waals surface area (Å²) in [5.41, 5.74) is 0.410. The summed E-state index contributed by atoms with van der Waals surface area (Å²) in [6.45, 7) is -0.268. The van der Waals surface area contributed by atoms with Gasteiger partial charge in [0.05, 0.1) is 12.4 Å². The van der Waals surface area contributed by atoms with Crippen LogP contribution in [-0.4, -0.2) is 13.5 Å². The molecule has 1 aromatic carbocycles. The maximum atomic E-state index is 13.0. The van der Waals surface area contributed by atoms with Crippen LogP contribution >= 0.6 is 10.7 Å². The first-order valence-corrected chi connectivity index (χ1v) is 6.21. The fraction of sp³-hybridized carbons (Fsp3) is 0.250. The first-order chi connectivity index (χ1) is 6.42. The zero-order valence-electron chi connectivity index (χ0n) is 7.07. The topological polar surface area (TPSA) is 54.4 Å². The van der Waals surface area contributed by atoms with Crippen LogP contribution in [0.3, 0.4) is 0 Å². The lowest BCUT2D eigenvalue weighted by atomic mass is 10.1. The first-order valence-electron chi connectivity index (χ1n) is 3.73. The van der Waals surface area contributed by atoms with Crippen LogP contribution in [0, 0.1) is 5.82 Å². The Morgan fingerprint density at radius 2 is 2.07 bits per heavy atom. The van der Waals surface area contributed by atoms with Gasteiger partial charge in [-0.2, -0.15) is 0 Å². The summed E-state index contributed by atoms with van der Waals surface area (Å²) in [6, 6.07) is 3.75. The molecule has 0 atom stereocenters. The Labute approximate surface area is 85.6 Å². The van der Waals surface area contributed by atoms with E-state index >= 15 is 0 Å². The Kier molecular flexibility index (Phi) is 3.47. The predicted molar refractivity (Wildman–Crippen MR) is 50.8 cm³/mol. The highest BCUT2D eigenvalue weighted by molar-refractivity contribution is 8.13. The van der Waals surface area contributed by atoms with E-state index in [4.69, 9.17) is 15.8 Å². The number of hydrogen-bond acceptors (Lipinski definition) is 3. The van der Waals surface area contributed by atoms with Crippen molar-refractivity contribution in [3.8, 4) is 0 Å². The third-order valence-electron chi connectivity index (χ3n) is 1.62. The van der Waals surface area contributed by atoms with Crippen LogP contribution in [-0.2, 0) is 21.4 Å². The Morgan fingerprint density at radius 1 is 1.43 bits per heavy atom. The van der Waals surface area contributed by atoms with Gasteiger partial charge in [-0.15, -0.1) is 0 Å². The van der Waals surface area contributed by atoms with Crippen molar-refractivity contribution in [2.45, 2.75) is 12.4 Å². The van der Waals surface area contributed by atoms with Crippen LogP contribution in [0.1, 0.15) is 11.1 Å². The number of rotatable bonds is 3. The van der Waals surface area contributed by atoms with E-state index in [2.05, 4.69) is 0 Å². The summed E-state index contributed by atoms with van der Waals surface area (Å²) in [5, 5.41) is 8.75. The van der Waals surface area contributed by atoms with Crippen molar-refractivity contribution in [3.63, 3.8) is 0 Å². The van der Waals surface area contributed by atoms with E-state index in [1.807, 2.05) is 0 Å². The molecular weight excluding hydrogens is 231 g/mol. The molecule has 1 aromatic rings. The van der Waals surface area contributed by atoms with Gasteiger partial charge in [0.1, 0.15) is 5.82 Å². The minimum absolute atomic E-state index is 0.0356. The van der Waals surface area contributed by atoms with Crippen molar-refractivity contribution in [2.24, 2.45) is 0 Å². The highest BCUT2D eigenvalue weighted by Gasteiger charge is 2.11. The average Bonchev–Trinajstić information content (AvgIpc) is 2.06.